The number of rotatable bonds is 7. The van der Waals surface area contributed by atoms with E-state index in [0.29, 0.717) is 17.7 Å². The molecule has 0 aliphatic rings. The molecule has 0 fully saturated rings. The van der Waals surface area contributed by atoms with Crippen LogP contribution in [0.3, 0.4) is 0 Å². The van der Waals surface area contributed by atoms with Crippen LogP contribution >= 0.6 is 0 Å². The molecule has 0 aliphatic heterocycles. The van der Waals surface area contributed by atoms with Crippen molar-refractivity contribution in [3.05, 3.63) is 65.7 Å². The molecule has 6 heteroatoms. The predicted octanol–water partition coefficient (Wildman–Crippen LogP) is 2.55. The minimum absolute atomic E-state index is 0.188. The number of esters is 1. The Balaban J connectivity index is 2.09. The van der Waals surface area contributed by atoms with Gasteiger partial charge in [-0.2, -0.15) is 0 Å². The molecular weight excluding hydrogens is 332 g/mol. The highest BCUT2D eigenvalue weighted by Crippen LogP contribution is 2.11. The minimum Gasteiger partial charge on any atom is -0.464 e. The van der Waals surface area contributed by atoms with Crippen LogP contribution < -0.4 is 10.6 Å². The summed E-state index contributed by atoms with van der Waals surface area (Å²) in [5.74, 6) is -1.04. The number of nitrogens with one attached hydrogen (secondary N) is 2. The van der Waals surface area contributed by atoms with E-state index >= 15 is 0 Å². The predicted molar refractivity (Wildman–Crippen MR) is 98.8 cm³/mol. The number of amides is 2. The fourth-order valence-electron chi connectivity index (χ4n) is 2.44. The van der Waals surface area contributed by atoms with Gasteiger partial charge in [-0.3, -0.25) is 9.59 Å². The van der Waals surface area contributed by atoms with E-state index in [-0.39, 0.29) is 18.4 Å². The molecule has 0 aromatic heterocycles. The number of anilines is 1. The van der Waals surface area contributed by atoms with Crippen molar-refractivity contribution in [3.8, 4) is 0 Å². The van der Waals surface area contributed by atoms with Gasteiger partial charge in [-0.1, -0.05) is 30.3 Å². The van der Waals surface area contributed by atoms with Crippen molar-refractivity contribution in [1.29, 1.82) is 0 Å². The Bertz CT molecular complexity index is 757. The lowest BCUT2D eigenvalue weighted by Gasteiger charge is -2.17. The molecule has 0 spiro atoms. The average molecular weight is 354 g/mol. The van der Waals surface area contributed by atoms with Crippen LogP contribution in [0.4, 0.5) is 5.69 Å². The van der Waals surface area contributed by atoms with Gasteiger partial charge in [-0.05, 0) is 36.8 Å². The number of ether oxygens (including phenoxy) is 1. The fourth-order valence-corrected chi connectivity index (χ4v) is 2.44. The highest BCUT2D eigenvalue weighted by atomic mass is 16.5. The molecule has 0 aliphatic carbocycles. The first-order valence-corrected chi connectivity index (χ1v) is 8.38. The molecule has 2 aromatic rings. The molecule has 0 saturated heterocycles. The van der Waals surface area contributed by atoms with Crippen molar-refractivity contribution in [2.75, 3.05) is 11.9 Å². The standard InChI is InChI=1S/C20H22N2O4/c1-3-26-20(25)18(13-15-7-5-4-6-8-15)22-19(24)16-9-11-17(12-10-16)21-14(2)23/h4-12,18H,3,13H2,1-2H3,(H,21,23)(H,22,24). The molecule has 0 saturated carbocycles. The SMILES string of the molecule is CCOC(=O)C(Cc1ccccc1)NC(=O)c1ccc(NC(C)=O)cc1. The Morgan fingerprint density at radius 3 is 2.23 bits per heavy atom. The summed E-state index contributed by atoms with van der Waals surface area (Å²) in [4.78, 5) is 35.7. The number of benzene rings is 2. The molecule has 6 nitrogen and oxygen atoms in total. The minimum atomic E-state index is -0.778. The van der Waals surface area contributed by atoms with E-state index in [1.54, 1.807) is 31.2 Å². The van der Waals surface area contributed by atoms with E-state index in [9.17, 15) is 14.4 Å². The van der Waals surface area contributed by atoms with Gasteiger partial charge in [0.25, 0.3) is 5.91 Å². The third-order valence-electron chi connectivity index (χ3n) is 3.63. The van der Waals surface area contributed by atoms with E-state index in [4.69, 9.17) is 4.74 Å². The van der Waals surface area contributed by atoms with Gasteiger partial charge in [0, 0.05) is 24.6 Å². The Labute approximate surface area is 152 Å². The van der Waals surface area contributed by atoms with E-state index < -0.39 is 12.0 Å². The maximum Gasteiger partial charge on any atom is 0.328 e. The molecule has 2 rings (SSSR count). The summed E-state index contributed by atoms with van der Waals surface area (Å²) in [5.41, 5.74) is 1.91. The lowest BCUT2D eigenvalue weighted by atomic mass is 10.1. The highest BCUT2D eigenvalue weighted by Gasteiger charge is 2.23. The summed E-state index contributed by atoms with van der Waals surface area (Å²) in [6, 6.07) is 15.1. The smallest absolute Gasteiger partial charge is 0.328 e. The number of hydrogen-bond acceptors (Lipinski definition) is 4. The zero-order valence-corrected chi connectivity index (χ0v) is 14.8. The molecule has 2 N–H and O–H groups in total. The van der Waals surface area contributed by atoms with Crippen LogP contribution in [0.15, 0.2) is 54.6 Å². The molecule has 2 amide bonds. The van der Waals surface area contributed by atoms with Crippen LogP contribution in [0.25, 0.3) is 0 Å². The molecule has 0 bridgehead atoms. The maximum atomic E-state index is 12.5. The summed E-state index contributed by atoms with van der Waals surface area (Å²) in [5, 5.41) is 5.36. The van der Waals surface area contributed by atoms with Crippen LogP contribution in [0, 0.1) is 0 Å². The zero-order valence-electron chi connectivity index (χ0n) is 14.8. The summed E-state index contributed by atoms with van der Waals surface area (Å²) in [6.45, 7) is 3.37. The van der Waals surface area contributed by atoms with Gasteiger partial charge in [0.05, 0.1) is 6.61 Å². The van der Waals surface area contributed by atoms with Gasteiger partial charge >= 0.3 is 5.97 Å². The van der Waals surface area contributed by atoms with E-state index in [1.807, 2.05) is 30.3 Å². The largest absolute Gasteiger partial charge is 0.464 e. The highest BCUT2D eigenvalue weighted by molar-refractivity contribution is 5.97. The maximum absolute atomic E-state index is 12.5. The quantitative estimate of drug-likeness (QED) is 0.749. The van der Waals surface area contributed by atoms with Crippen molar-refractivity contribution >= 4 is 23.5 Å². The molecule has 2 aromatic carbocycles. The third-order valence-corrected chi connectivity index (χ3v) is 3.63. The summed E-state index contributed by atoms with van der Waals surface area (Å²) >= 11 is 0. The van der Waals surface area contributed by atoms with Crippen molar-refractivity contribution in [1.82, 2.24) is 5.32 Å². The van der Waals surface area contributed by atoms with E-state index in [1.165, 1.54) is 6.92 Å². The molecule has 136 valence electrons. The molecule has 1 unspecified atom stereocenters. The van der Waals surface area contributed by atoms with Crippen molar-refractivity contribution < 1.29 is 19.1 Å². The van der Waals surface area contributed by atoms with Gasteiger partial charge < -0.3 is 15.4 Å². The Hall–Kier alpha value is -3.15. The zero-order chi connectivity index (χ0) is 18.9. The molecular formula is C20H22N2O4. The first-order chi connectivity index (χ1) is 12.5. The second kappa shape index (κ2) is 9.36. The average Bonchev–Trinajstić information content (AvgIpc) is 2.62. The van der Waals surface area contributed by atoms with Crippen LogP contribution in [0.2, 0.25) is 0 Å². The van der Waals surface area contributed by atoms with Gasteiger partial charge in [0.1, 0.15) is 6.04 Å². The summed E-state index contributed by atoms with van der Waals surface area (Å²) in [6.07, 6.45) is 0.343. The fraction of sp³-hybridized carbons (Fsp3) is 0.250. The number of carbonyl (C=O) groups is 3. The second-order valence-corrected chi connectivity index (χ2v) is 5.73. The Kier molecular flexibility index (Phi) is 6.91. The topological polar surface area (TPSA) is 84.5 Å². The Morgan fingerprint density at radius 1 is 1.00 bits per heavy atom. The third kappa shape index (κ3) is 5.73. The summed E-state index contributed by atoms with van der Waals surface area (Å²) in [7, 11) is 0. The lowest BCUT2D eigenvalue weighted by molar-refractivity contribution is -0.145. The van der Waals surface area contributed by atoms with Gasteiger partial charge in [0.2, 0.25) is 5.91 Å². The second-order valence-electron chi connectivity index (χ2n) is 5.73. The van der Waals surface area contributed by atoms with Crippen LogP contribution in [-0.4, -0.2) is 30.4 Å². The molecule has 0 heterocycles. The van der Waals surface area contributed by atoms with Crippen LogP contribution in [0.5, 0.6) is 0 Å². The number of carbonyl (C=O) groups excluding carboxylic acids is 3. The lowest BCUT2D eigenvalue weighted by Crippen LogP contribution is -2.43. The molecule has 0 radical (unpaired) electrons. The normalized spacial score (nSPS) is 11.3. The van der Waals surface area contributed by atoms with Crippen LogP contribution in [-0.2, 0) is 20.7 Å². The van der Waals surface area contributed by atoms with Gasteiger partial charge in [0.15, 0.2) is 0 Å². The van der Waals surface area contributed by atoms with Crippen LogP contribution in [0.1, 0.15) is 29.8 Å². The van der Waals surface area contributed by atoms with Gasteiger partial charge in [-0.25, -0.2) is 4.79 Å². The van der Waals surface area contributed by atoms with Crippen molar-refractivity contribution in [2.45, 2.75) is 26.3 Å². The van der Waals surface area contributed by atoms with Gasteiger partial charge in [-0.15, -0.1) is 0 Å². The van der Waals surface area contributed by atoms with E-state index in [0.717, 1.165) is 5.56 Å². The first kappa shape index (κ1) is 19.2. The van der Waals surface area contributed by atoms with Crippen molar-refractivity contribution in [3.63, 3.8) is 0 Å². The Morgan fingerprint density at radius 2 is 1.65 bits per heavy atom. The number of hydrogen-bond donors (Lipinski definition) is 2. The first-order valence-electron chi connectivity index (χ1n) is 8.38. The monoisotopic (exact) mass is 354 g/mol. The summed E-state index contributed by atoms with van der Waals surface area (Å²) < 4.78 is 5.07. The van der Waals surface area contributed by atoms with Crippen molar-refractivity contribution in [2.24, 2.45) is 0 Å². The molecule has 26 heavy (non-hydrogen) atoms. The molecule has 1 atom stereocenters. The van der Waals surface area contributed by atoms with E-state index in [2.05, 4.69) is 10.6 Å².